The van der Waals surface area contributed by atoms with Gasteiger partial charge in [0.05, 0.1) is 11.8 Å². The van der Waals surface area contributed by atoms with Crippen molar-refractivity contribution >= 4 is 12.6 Å². The summed E-state index contributed by atoms with van der Waals surface area (Å²) < 4.78 is 5.58. The van der Waals surface area contributed by atoms with E-state index in [0.717, 1.165) is 17.0 Å². The Hall–Kier alpha value is -1.75. The quantitative estimate of drug-likeness (QED) is 0.844. The Kier molecular flexibility index (Phi) is 4.27. The van der Waals surface area contributed by atoms with Crippen LogP contribution < -0.4 is 10.3 Å². The highest BCUT2D eigenvalue weighted by atomic mass is 32.1. The summed E-state index contributed by atoms with van der Waals surface area (Å²) in [6.07, 6.45) is 0.146. The number of nitrogens with one attached hydrogen (secondary N) is 1. The van der Waals surface area contributed by atoms with E-state index in [9.17, 15) is 4.79 Å². The highest BCUT2D eigenvalue weighted by molar-refractivity contribution is 7.79. The Morgan fingerprint density at radius 3 is 2.58 bits per heavy atom. The lowest BCUT2D eigenvalue weighted by Gasteiger charge is -2.10. The van der Waals surface area contributed by atoms with E-state index >= 15 is 0 Å². The van der Waals surface area contributed by atoms with E-state index < -0.39 is 0 Å². The first-order valence-corrected chi connectivity index (χ1v) is 6.70. The van der Waals surface area contributed by atoms with Gasteiger partial charge in [-0.25, -0.2) is 5.10 Å². The van der Waals surface area contributed by atoms with Crippen LogP contribution in [0.5, 0.6) is 5.75 Å². The molecule has 0 amide bonds. The third-order valence-corrected chi connectivity index (χ3v) is 2.91. The second-order valence-electron chi connectivity index (χ2n) is 4.46. The topological polar surface area (TPSA) is 55.0 Å². The number of H-pyrrole nitrogens is 1. The fourth-order valence-electron chi connectivity index (χ4n) is 1.69. The molecule has 0 unspecified atom stereocenters. The summed E-state index contributed by atoms with van der Waals surface area (Å²) >= 11 is 4.13. The third-order valence-electron chi connectivity index (χ3n) is 2.57. The summed E-state index contributed by atoms with van der Waals surface area (Å²) in [5.74, 6) is 1.21. The van der Waals surface area contributed by atoms with E-state index in [4.69, 9.17) is 4.74 Å². The summed E-state index contributed by atoms with van der Waals surface area (Å²) in [7, 11) is 0. The summed E-state index contributed by atoms with van der Waals surface area (Å²) in [6.45, 7) is 3.97. The maximum absolute atomic E-state index is 11.4. The first-order chi connectivity index (χ1) is 9.10. The molecule has 0 saturated carbocycles. The molecule has 0 atom stereocenters. The number of aromatic amines is 1. The smallest absolute Gasteiger partial charge is 0.268 e. The van der Waals surface area contributed by atoms with Crippen molar-refractivity contribution in [2.45, 2.75) is 25.7 Å². The van der Waals surface area contributed by atoms with Crippen molar-refractivity contribution < 1.29 is 4.74 Å². The normalized spacial score (nSPS) is 10.7. The molecule has 0 aliphatic carbocycles. The van der Waals surface area contributed by atoms with Gasteiger partial charge >= 0.3 is 0 Å². The van der Waals surface area contributed by atoms with Crippen LogP contribution >= 0.6 is 12.6 Å². The van der Waals surface area contributed by atoms with Crippen molar-refractivity contribution in [3.05, 3.63) is 46.2 Å². The molecule has 2 rings (SSSR count). The fraction of sp³-hybridized carbons (Fsp3) is 0.286. The summed E-state index contributed by atoms with van der Waals surface area (Å²) in [5.41, 5.74) is 2.06. The monoisotopic (exact) mass is 276 g/mol. The average molecular weight is 276 g/mol. The lowest BCUT2D eigenvalue weighted by Crippen LogP contribution is -2.13. The Balaban J connectivity index is 2.29. The molecule has 0 bridgehead atoms. The predicted molar refractivity (Wildman–Crippen MR) is 78.7 cm³/mol. The maximum Gasteiger partial charge on any atom is 0.268 e. The van der Waals surface area contributed by atoms with Crippen molar-refractivity contribution in [1.82, 2.24) is 10.2 Å². The second-order valence-corrected chi connectivity index (χ2v) is 4.77. The second kappa shape index (κ2) is 5.93. The van der Waals surface area contributed by atoms with Crippen molar-refractivity contribution in [2.75, 3.05) is 0 Å². The lowest BCUT2D eigenvalue weighted by molar-refractivity contribution is 0.242. The SMILES string of the molecule is CC(C)Oc1ccc(-c2cc(CS)c(=O)[nH]n2)cc1. The molecule has 2 aromatic rings. The van der Waals surface area contributed by atoms with Crippen LogP contribution in [-0.4, -0.2) is 16.3 Å². The minimum absolute atomic E-state index is 0.146. The molecule has 0 aliphatic heterocycles. The van der Waals surface area contributed by atoms with Crippen molar-refractivity contribution in [1.29, 1.82) is 0 Å². The van der Waals surface area contributed by atoms with Crippen molar-refractivity contribution in [3.8, 4) is 17.0 Å². The van der Waals surface area contributed by atoms with Gasteiger partial charge in [-0.2, -0.15) is 17.7 Å². The van der Waals surface area contributed by atoms with Crippen LogP contribution in [0.2, 0.25) is 0 Å². The zero-order valence-corrected chi connectivity index (χ0v) is 11.8. The molecular weight excluding hydrogens is 260 g/mol. The first-order valence-electron chi connectivity index (χ1n) is 6.06. The molecule has 100 valence electrons. The van der Waals surface area contributed by atoms with Gasteiger partial charge in [-0.1, -0.05) is 0 Å². The number of hydrogen-bond donors (Lipinski definition) is 2. The van der Waals surface area contributed by atoms with Crippen LogP contribution in [0.25, 0.3) is 11.3 Å². The molecule has 1 N–H and O–H groups in total. The minimum atomic E-state index is -0.196. The van der Waals surface area contributed by atoms with Gasteiger partial charge in [0.2, 0.25) is 0 Å². The zero-order chi connectivity index (χ0) is 13.8. The molecule has 1 aromatic heterocycles. The summed E-state index contributed by atoms with van der Waals surface area (Å²) in [5, 5.41) is 6.51. The van der Waals surface area contributed by atoms with Crippen LogP contribution in [0.1, 0.15) is 19.4 Å². The van der Waals surface area contributed by atoms with E-state index in [-0.39, 0.29) is 11.7 Å². The molecule has 4 nitrogen and oxygen atoms in total. The minimum Gasteiger partial charge on any atom is -0.491 e. The number of hydrogen-bond acceptors (Lipinski definition) is 4. The van der Waals surface area contributed by atoms with Crippen molar-refractivity contribution in [3.63, 3.8) is 0 Å². The first kappa shape index (κ1) is 13.7. The number of aromatic nitrogens is 2. The molecule has 0 fully saturated rings. The molecule has 0 radical (unpaired) electrons. The Bertz CT molecular complexity index is 606. The highest BCUT2D eigenvalue weighted by Gasteiger charge is 2.05. The molecule has 1 heterocycles. The molecule has 0 saturated heterocycles. The number of nitrogens with zero attached hydrogens (tertiary/aromatic N) is 1. The molecular formula is C14H16N2O2S. The van der Waals surface area contributed by atoms with Crippen LogP contribution in [0.4, 0.5) is 0 Å². The van der Waals surface area contributed by atoms with E-state index in [0.29, 0.717) is 11.3 Å². The Labute approximate surface area is 117 Å². The molecule has 19 heavy (non-hydrogen) atoms. The van der Waals surface area contributed by atoms with Crippen LogP contribution in [0.15, 0.2) is 35.1 Å². The van der Waals surface area contributed by atoms with Gasteiger partial charge in [0, 0.05) is 16.9 Å². The van der Waals surface area contributed by atoms with Gasteiger partial charge in [-0.05, 0) is 44.2 Å². The van der Waals surface area contributed by atoms with Gasteiger partial charge in [0.15, 0.2) is 0 Å². The summed E-state index contributed by atoms with van der Waals surface area (Å²) in [4.78, 5) is 11.4. The van der Waals surface area contributed by atoms with Crippen LogP contribution in [0, 0.1) is 0 Å². The van der Waals surface area contributed by atoms with E-state index in [1.807, 2.05) is 38.1 Å². The van der Waals surface area contributed by atoms with Gasteiger partial charge in [-0.15, -0.1) is 0 Å². The Morgan fingerprint density at radius 1 is 1.32 bits per heavy atom. The standard InChI is InChI=1S/C14H16N2O2S/c1-9(2)18-12-5-3-10(4-6-12)13-7-11(8-19)14(17)16-15-13/h3-7,9,19H,8H2,1-2H3,(H,16,17). The van der Waals surface area contributed by atoms with Gasteiger partial charge in [-0.3, -0.25) is 4.79 Å². The number of benzene rings is 1. The Morgan fingerprint density at radius 2 is 2.00 bits per heavy atom. The van der Waals surface area contributed by atoms with Crippen LogP contribution in [-0.2, 0) is 5.75 Å². The number of rotatable bonds is 4. The van der Waals surface area contributed by atoms with Crippen LogP contribution in [0.3, 0.4) is 0 Å². The molecule has 1 aromatic carbocycles. The lowest BCUT2D eigenvalue weighted by atomic mass is 10.1. The van der Waals surface area contributed by atoms with E-state index in [1.54, 1.807) is 6.07 Å². The van der Waals surface area contributed by atoms with Crippen molar-refractivity contribution in [2.24, 2.45) is 0 Å². The largest absolute Gasteiger partial charge is 0.491 e. The average Bonchev–Trinajstić information content (AvgIpc) is 2.40. The zero-order valence-electron chi connectivity index (χ0n) is 10.9. The number of thiol groups is 1. The predicted octanol–water partition coefficient (Wildman–Crippen LogP) is 2.65. The number of ether oxygens (including phenoxy) is 1. The third kappa shape index (κ3) is 3.38. The molecule has 0 aliphatic rings. The van der Waals surface area contributed by atoms with E-state index in [2.05, 4.69) is 22.8 Å². The van der Waals surface area contributed by atoms with Gasteiger partial charge in [0.25, 0.3) is 5.56 Å². The highest BCUT2D eigenvalue weighted by Crippen LogP contribution is 2.21. The van der Waals surface area contributed by atoms with Gasteiger partial charge < -0.3 is 4.74 Å². The summed E-state index contributed by atoms with van der Waals surface area (Å²) in [6, 6.07) is 9.37. The maximum atomic E-state index is 11.4. The van der Waals surface area contributed by atoms with E-state index in [1.165, 1.54) is 0 Å². The van der Waals surface area contributed by atoms with Gasteiger partial charge in [0.1, 0.15) is 5.75 Å². The molecule has 5 heteroatoms. The molecule has 0 spiro atoms. The fourth-order valence-corrected chi connectivity index (χ4v) is 1.92.